The number of nitrogens with zero attached hydrogens (tertiary/aromatic N) is 4. The lowest BCUT2D eigenvalue weighted by atomic mass is 9.86. The van der Waals surface area contributed by atoms with Crippen molar-refractivity contribution in [2.45, 2.75) is 110 Å². The molecule has 0 aliphatic carbocycles. The summed E-state index contributed by atoms with van der Waals surface area (Å²) in [5.74, 6) is 1.59. The first kappa shape index (κ1) is 49.8. The number of hydrogen-bond acceptors (Lipinski definition) is 9. The van der Waals surface area contributed by atoms with Crippen molar-refractivity contribution in [2.75, 3.05) is 13.1 Å². The Morgan fingerprint density at radius 3 is 1.74 bits per heavy atom. The number of carbonyl (C=O) groups is 4. The molecule has 0 saturated carbocycles. The quantitative estimate of drug-likeness (QED) is 0.0823. The number of hydrogen-bond donors (Lipinski definition) is 4. The maximum Gasteiger partial charge on any atom is 0.413 e. The first-order valence-corrected chi connectivity index (χ1v) is 26.0. The molecule has 15 nitrogen and oxygen atoms in total. The number of para-hydroxylation sites is 2. The monoisotopic (exact) mass is 996 g/mol. The van der Waals surface area contributed by atoms with E-state index in [0.717, 1.165) is 82.5 Å². The summed E-state index contributed by atoms with van der Waals surface area (Å²) < 4.78 is 17.6. The zero-order valence-electron chi connectivity index (χ0n) is 42.8. The lowest BCUT2D eigenvalue weighted by Crippen LogP contribution is -2.51. The Kier molecular flexibility index (Phi) is 14.4. The fourth-order valence-corrected chi connectivity index (χ4v) is 11.0. The van der Waals surface area contributed by atoms with E-state index >= 15 is 0 Å². The van der Waals surface area contributed by atoms with Crippen LogP contribution in [0.25, 0.3) is 44.5 Å². The first-order chi connectivity index (χ1) is 35.8. The molecular formula is C59H64N8O7. The summed E-state index contributed by atoms with van der Waals surface area (Å²) >= 11 is 0. The van der Waals surface area contributed by atoms with Gasteiger partial charge < -0.3 is 44.6 Å². The number of H-pyrrole nitrogens is 2. The number of carbonyl (C=O) groups excluding carboxylic acids is 4. The number of ether oxygens (including phenoxy) is 3. The van der Waals surface area contributed by atoms with Crippen molar-refractivity contribution in [3.63, 3.8) is 0 Å². The van der Waals surface area contributed by atoms with Gasteiger partial charge in [-0.3, -0.25) is 9.59 Å². The van der Waals surface area contributed by atoms with Crippen molar-refractivity contribution >= 4 is 35.0 Å². The Bertz CT molecular complexity index is 3150. The third-order valence-corrected chi connectivity index (χ3v) is 14.7. The molecule has 0 radical (unpaired) electrons. The van der Waals surface area contributed by atoms with Crippen LogP contribution in [0.3, 0.4) is 0 Å². The zero-order valence-corrected chi connectivity index (χ0v) is 42.8. The van der Waals surface area contributed by atoms with Gasteiger partial charge >= 0.3 is 12.2 Å². The van der Waals surface area contributed by atoms with Crippen molar-refractivity contribution in [3.8, 4) is 45.0 Å². The van der Waals surface area contributed by atoms with Gasteiger partial charge in [-0.25, -0.2) is 19.6 Å². The van der Waals surface area contributed by atoms with Gasteiger partial charge in [-0.05, 0) is 126 Å². The highest BCUT2D eigenvalue weighted by molar-refractivity contribution is 5.89. The number of rotatable bonds is 14. The van der Waals surface area contributed by atoms with Crippen LogP contribution in [0, 0.1) is 11.8 Å². The standard InChI is InChI=1S/C59H64N8O7/c1-7-49-51-42(37-22-24-38(25-23-37)46-33-60-54(63-46)47-20-14-30-66(47)56(68)52(34(2)3)64-58(70)73-40-16-10-8-11-17-40)27-28-43(50(51)36(6)72-49)39-26-29-44-45(32-39)62-55(61-44)48-21-15-31-67(48)57(69)53(35(4)5)65-59(71)74-41-18-12-9-13-19-41/h8-13,16-19,22-29,32-36,47-49,52-53H,7,14-15,20-21,30-31H2,1-6H3,(H,60,63)(H,61,62)(H,64,70)(H,65,71)/t36?,47-,48+,49?,52-,53-/m0/s1. The van der Waals surface area contributed by atoms with E-state index in [2.05, 4.69) is 83.0 Å². The van der Waals surface area contributed by atoms with Gasteiger partial charge in [0.15, 0.2) is 0 Å². The van der Waals surface area contributed by atoms with Crippen LogP contribution in [0.4, 0.5) is 9.59 Å². The summed E-state index contributed by atoms with van der Waals surface area (Å²) in [5, 5.41) is 5.65. The Morgan fingerprint density at radius 2 is 1.19 bits per heavy atom. The van der Waals surface area contributed by atoms with Crippen molar-refractivity contribution in [1.29, 1.82) is 0 Å². The molecular weight excluding hydrogens is 933 g/mol. The number of likely N-dealkylation sites (tertiary alicyclic amines) is 2. The van der Waals surface area contributed by atoms with Crippen molar-refractivity contribution < 1.29 is 33.4 Å². The summed E-state index contributed by atoms with van der Waals surface area (Å²) in [7, 11) is 0. The minimum absolute atomic E-state index is 0.0837. The Balaban J connectivity index is 0.853. The molecule has 6 atom stereocenters. The van der Waals surface area contributed by atoms with E-state index in [1.807, 2.05) is 61.9 Å². The smallest absolute Gasteiger partial charge is 0.410 e. The fourth-order valence-electron chi connectivity index (χ4n) is 11.0. The summed E-state index contributed by atoms with van der Waals surface area (Å²) in [6.07, 6.45) is 4.23. The minimum Gasteiger partial charge on any atom is -0.410 e. The molecule has 3 aliphatic rings. The Labute approximate surface area is 431 Å². The van der Waals surface area contributed by atoms with Crippen LogP contribution < -0.4 is 20.1 Å². The van der Waals surface area contributed by atoms with Crippen molar-refractivity contribution in [3.05, 3.63) is 144 Å². The molecule has 74 heavy (non-hydrogen) atoms. The van der Waals surface area contributed by atoms with Crippen LogP contribution in [0.5, 0.6) is 11.5 Å². The number of benzene rings is 5. The number of aromatic nitrogens is 4. The second-order valence-corrected chi connectivity index (χ2v) is 20.3. The molecule has 15 heteroatoms. The van der Waals surface area contributed by atoms with Gasteiger partial charge in [0.05, 0.1) is 47.2 Å². The molecule has 0 bridgehead atoms. The lowest BCUT2D eigenvalue weighted by molar-refractivity contribution is -0.136. The number of imidazole rings is 2. The second kappa shape index (κ2) is 21.4. The highest BCUT2D eigenvalue weighted by atomic mass is 16.6. The van der Waals surface area contributed by atoms with Gasteiger partial charge in [0.1, 0.15) is 35.2 Å². The molecule has 0 spiro atoms. The molecule has 2 saturated heterocycles. The van der Waals surface area contributed by atoms with E-state index in [-0.39, 0.29) is 47.9 Å². The average Bonchev–Trinajstić information content (AvgIpc) is 4.27. The maximum atomic E-state index is 14.2. The highest BCUT2D eigenvalue weighted by Gasteiger charge is 2.40. The van der Waals surface area contributed by atoms with Gasteiger partial charge in [-0.2, -0.15) is 0 Å². The van der Waals surface area contributed by atoms with Gasteiger partial charge in [-0.1, -0.05) is 113 Å². The van der Waals surface area contributed by atoms with E-state index in [4.69, 9.17) is 24.2 Å². The normalized spacial score (nSPS) is 19.2. The van der Waals surface area contributed by atoms with Crippen LogP contribution in [0.2, 0.25) is 0 Å². The predicted molar refractivity (Wildman–Crippen MR) is 283 cm³/mol. The van der Waals surface area contributed by atoms with E-state index in [9.17, 15) is 19.2 Å². The fraction of sp³-hybridized carbons (Fsp3) is 0.356. The van der Waals surface area contributed by atoms with Crippen LogP contribution >= 0.6 is 0 Å². The highest BCUT2D eigenvalue weighted by Crippen LogP contribution is 2.50. The molecule has 2 aromatic heterocycles. The molecule has 3 aliphatic heterocycles. The molecule has 7 aromatic rings. The van der Waals surface area contributed by atoms with Crippen LogP contribution in [0.1, 0.15) is 121 Å². The predicted octanol–water partition coefficient (Wildman–Crippen LogP) is 11.8. The molecule has 2 fully saturated rings. The average molecular weight is 997 g/mol. The molecule has 5 aromatic carbocycles. The van der Waals surface area contributed by atoms with Crippen LogP contribution in [-0.4, -0.2) is 78.9 Å². The Hall–Kier alpha value is -7.78. The largest absolute Gasteiger partial charge is 0.413 e. The van der Waals surface area contributed by atoms with E-state index in [1.54, 1.807) is 48.5 Å². The summed E-state index contributed by atoms with van der Waals surface area (Å²) in [5.41, 5.74) is 10.2. The van der Waals surface area contributed by atoms with Gasteiger partial charge in [0.2, 0.25) is 11.8 Å². The number of nitrogens with one attached hydrogen (secondary N) is 4. The summed E-state index contributed by atoms with van der Waals surface area (Å²) in [6, 6.07) is 34.7. The van der Waals surface area contributed by atoms with E-state index in [1.165, 1.54) is 11.1 Å². The lowest BCUT2D eigenvalue weighted by Gasteiger charge is -2.30. The summed E-state index contributed by atoms with van der Waals surface area (Å²) in [4.78, 5) is 74.6. The molecule has 10 rings (SSSR count). The zero-order chi connectivity index (χ0) is 51.6. The SMILES string of the molecule is CCC1OC(C)c2c(-c3ccc4nc([C@H]5CCCN5C(=O)[C@@H](NC(=O)Oc5ccccc5)C(C)C)[nH]c4c3)ccc(-c3ccc(-c4cnc([C@@H]5CCCN5C(=O)[C@@H](NC(=O)Oc5ccccc5)C(C)C)[nH]4)cc3)c21. The first-order valence-electron chi connectivity index (χ1n) is 26.0. The maximum absolute atomic E-state index is 14.2. The van der Waals surface area contributed by atoms with E-state index in [0.29, 0.717) is 30.4 Å². The van der Waals surface area contributed by atoms with Crippen LogP contribution in [-0.2, 0) is 14.3 Å². The third kappa shape index (κ3) is 10.1. The second-order valence-electron chi connectivity index (χ2n) is 20.3. The third-order valence-electron chi connectivity index (χ3n) is 14.7. The number of amides is 4. The molecule has 4 amide bonds. The number of fused-ring (bicyclic) bond motifs is 2. The topological polar surface area (TPSA) is 184 Å². The van der Waals surface area contributed by atoms with Gasteiger partial charge in [-0.15, -0.1) is 0 Å². The van der Waals surface area contributed by atoms with Gasteiger partial charge in [0.25, 0.3) is 0 Å². The molecule has 5 heterocycles. The minimum atomic E-state index is -0.769. The molecule has 382 valence electrons. The number of aromatic amines is 2. The van der Waals surface area contributed by atoms with Crippen molar-refractivity contribution in [1.82, 2.24) is 40.4 Å². The van der Waals surface area contributed by atoms with E-state index < -0.39 is 24.3 Å². The molecule has 2 unspecified atom stereocenters. The summed E-state index contributed by atoms with van der Waals surface area (Å²) in [6.45, 7) is 13.1. The Morgan fingerprint density at radius 1 is 0.662 bits per heavy atom. The van der Waals surface area contributed by atoms with Gasteiger partial charge in [0, 0.05) is 13.1 Å². The van der Waals surface area contributed by atoms with Crippen molar-refractivity contribution in [2.24, 2.45) is 11.8 Å². The van der Waals surface area contributed by atoms with Crippen LogP contribution in [0.15, 0.2) is 121 Å². The molecule has 4 N–H and O–H groups in total.